The summed E-state index contributed by atoms with van der Waals surface area (Å²) in [6.07, 6.45) is 3.42. The fourth-order valence-electron chi connectivity index (χ4n) is 0.235. The standard InChI is InChI=1S/C6H10O.C2H4.2H3N.H2O4S/c1-3-5-7-6-4-2;1-2;;;1-5(2,3)4/h3-4H,1-2,5-6H2;1-2H2;2*1H3;(H2,1,2,3,4). The van der Waals surface area contributed by atoms with Gasteiger partial charge in [0.15, 0.2) is 0 Å². The predicted molar refractivity (Wildman–Crippen MR) is 66.7 cm³/mol. The van der Waals surface area contributed by atoms with Crippen molar-refractivity contribution in [3.05, 3.63) is 38.5 Å². The average molecular weight is 258 g/mol. The van der Waals surface area contributed by atoms with Crippen LogP contribution in [0.2, 0.25) is 0 Å². The summed E-state index contributed by atoms with van der Waals surface area (Å²) in [7, 11) is -4.67. The molecule has 0 aliphatic rings. The number of rotatable bonds is 4. The maximum atomic E-state index is 8.74. The van der Waals surface area contributed by atoms with Crippen LogP contribution in [0.1, 0.15) is 0 Å². The molecule has 0 saturated heterocycles. The molecule has 0 fully saturated rings. The van der Waals surface area contributed by atoms with Crippen LogP contribution in [0, 0.1) is 0 Å². The van der Waals surface area contributed by atoms with E-state index in [0.29, 0.717) is 13.2 Å². The molecule has 100 valence electrons. The van der Waals surface area contributed by atoms with Crippen molar-refractivity contribution in [3.63, 3.8) is 0 Å². The highest BCUT2D eigenvalue weighted by Gasteiger charge is 1.84. The van der Waals surface area contributed by atoms with Gasteiger partial charge in [0.25, 0.3) is 0 Å². The van der Waals surface area contributed by atoms with E-state index in [4.69, 9.17) is 22.3 Å². The molecule has 0 unspecified atom stereocenters. The molecule has 0 aromatic heterocycles. The summed E-state index contributed by atoms with van der Waals surface area (Å²) in [5.41, 5.74) is 0. The van der Waals surface area contributed by atoms with Crippen molar-refractivity contribution in [1.29, 1.82) is 0 Å². The molecule has 0 spiro atoms. The normalized spacial score (nSPS) is 7.38. The Kier molecular flexibility index (Phi) is 43.4. The summed E-state index contributed by atoms with van der Waals surface area (Å²) in [6, 6.07) is 0. The Labute approximate surface area is 97.3 Å². The van der Waals surface area contributed by atoms with Gasteiger partial charge < -0.3 is 17.0 Å². The first-order chi connectivity index (χ1) is 6.41. The molecular weight excluding hydrogens is 236 g/mol. The lowest BCUT2D eigenvalue weighted by Crippen LogP contribution is -1.89. The molecular formula is C8H22N2O5S. The van der Waals surface area contributed by atoms with Crippen molar-refractivity contribution in [2.75, 3.05) is 13.2 Å². The highest BCUT2D eigenvalue weighted by Crippen LogP contribution is 1.72. The van der Waals surface area contributed by atoms with E-state index in [1.165, 1.54) is 0 Å². The molecule has 0 saturated carbocycles. The third-order valence-corrected chi connectivity index (χ3v) is 0.471. The van der Waals surface area contributed by atoms with Crippen LogP contribution in [0.3, 0.4) is 0 Å². The first-order valence-electron chi connectivity index (χ1n) is 3.41. The molecule has 0 rings (SSSR count). The van der Waals surface area contributed by atoms with E-state index >= 15 is 0 Å². The van der Waals surface area contributed by atoms with E-state index in [0.717, 1.165) is 0 Å². The smallest absolute Gasteiger partial charge is 0.373 e. The van der Waals surface area contributed by atoms with Crippen LogP contribution in [-0.2, 0) is 15.1 Å². The quantitative estimate of drug-likeness (QED) is 0.340. The summed E-state index contributed by atoms with van der Waals surface area (Å²) < 4.78 is 36.5. The molecule has 16 heavy (non-hydrogen) atoms. The van der Waals surface area contributed by atoms with Gasteiger partial charge in [0.2, 0.25) is 0 Å². The van der Waals surface area contributed by atoms with Crippen LogP contribution in [0.15, 0.2) is 38.5 Å². The van der Waals surface area contributed by atoms with Gasteiger partial charge in [0.1, 0.15) is 0 Å². The number of ether oxygens (including phenoxy) is 1. The Morgan fingerprint density at radius 2 is 1.19 bits per heavy atom. The molecule has 0 aliphatic heterocycles. The third kappa shape index (κ3) is 211. The fourth-order valence-corrected chi connectivity index (χ4v) is 0.235. The van der Waals surface area contributed by atoms with E-state index in [-0.39, 0.29) is 12.3 Å². The SMILES string of the molecule is C=C.C=CCOCC=C.N.N.O=S(=O)(O)O. The first-order valence-corrected chi connectivity index (χ1v) is 4.81. The van der Waals surface area contributed by atoms with E-state index in [2.05, 4.69) is 26.3 Å². The van der Waals surface area contributed by atoms with Crippen LogP contribution in [0.4, 0.5) is 0 Å². The molecule has 0 aliphatic carbocycles. The minimum absolute atomic E-state index is 0. The van der Waals surface area contributed by atoms with E-state index in [1.54, 1.807) is 12.2 Å². The average Bonchev–Trinajstić information content (AvgIpc) is 2.06. The van der Waals surface area contributed by atoms with Crippen molar-refractivity contribution in [2.24, 2.45) is 0 Å². The number of hydrogen-bond donors (Lipinski definition) is 4. The molecule has 0 amide bonds. The van der Waals surface area contributed by atoms with Crippen molar-refractivity contribution in [1.82, 2.24) is 12.3 Å². The topological polar surface area (TPSA) is 154 Å². The molecule has 0 radical (unpaired) electrons. The van der Waals surface area contributed by atoms with Gasteiger partial charge in [-0.25, -0.2) is 0 Å². The molecule has 0 bridgehead atoms. The summed E-state index contributed by atoms with van der Waals surface area (Å²) in [6.45, 7) is 14.2. The molecule has 7 nitrogen and oxygen atoms in total. The Hall–Kier alpha value is -1.03. The minimum atomic E-state index is -4.67. The first kappa shape index (κ1) is 29.4. The second-order valence-corrected chi connectivity index (χ2v) is 2.46. The summed E-state index contributed by atoms with van der Waals surface area (Å²) in [5.74, 6) is 0. The van der Waals surface area contributed by atoms with Crippen molar-refractivity contribution in [3.8, 4) is 0 Å². The summed E-state index contributed by atoms with van der Waals surface area (Å²) in [5, 5.41) is 0. The molecule has 0 aromatic carbocycles. The molecule has 0 atom stereocenters. The van der Waals surface area contributed by atoms with Crippen molar-refractivity contribution >= 4 is 10.4 Å². The highest BCUT2D eigenvalue weighted by atomic mass is 32.3. The molecule has 8 N–H and O–H groups in total. The monoisotopic (exact) mass is 258 g/mol. The van der Waals surface area contributed by atoms with Gasteiger partial charge in [0, 0.05) is 0 Å². The van der Waals surface area contributed by atoms with Crippen LogP contribution < -0.4 is 12.3 Å². The van der Waals surface area contributed by atoms with Gasteiger partial charge in [-0.2, -0.15) is 8.42 Å². The lowest BCUT2D eigenvalue weighted by Gasteiger charge is -1.89. The Morgan fingerprint density at radius 3 is 1.31 bits per heavy atom. The van der Waals surface area contributed by atoms with Gasteiger partial charge >= 0.3 is 10.4 Å². The maximum Gasteiger partial charge on any atom is 0.394 e. The number of hydrogen-bond acceptors (Lipinski definition) is 5. The zero-order valence-electron chi connectivity index (χ0n) is 9.34. The second-order valence-electron chi connectivity index (χ2n) is 1.56. The van der Waals surface area contributed by atoms with Gasteiger partial charge in [-0.05, 0) is 0 Å². The van der Waals surface area contributed by atoms with Crippen LogP contribution in [0.5, 0.6) is 0 Å². The Bertz CT molecular complexity index is 213. The zero-order valence-corrected chi connectivity index (χ0v) is 10.2. The van der Waals surface area contributed by atoms with Gasteiger partial charge in [0.05, 0.1) is 13.2 Å². The Balaban J connectivity index is -0.0000000404. The lowest BCUT2D eigenvalue weighted by molar-refractivity contribution is 0.194. The van der Waals surface area contributed by atoms with E-state index in [1.807, 2.05) is 0 Å². The fraction of sp³-hybridized carbons (Fsp3) is 0.250. The molecule has 0 heterocycles. The zero-order chi connectivity index (χ0) is 12.0. The minimum Gasteiger partial charge on any atom is -0.373 e. The third-order valence-electron chi connectivity index (χ3n) is 0.471. The highest BCUT2D eigenvalue weighted by molar-refractivity contribution is 7.79. The van der Waals surface area contributed by atoms with Crippen LogP contribution in [-0.4, -0.2) is 30.7 Å². The lowest BCUT2D eigenvalue weighted by atomic mass is 10.6. The van der Waals surface area contributed by atoms with Crippen molar-refractivity contribution in [2.45, 2.75) is 0 Å². The predicted octanol–water partition coefficient (Wildman–Crippen LogP) is 1.85. The van der Waals surface area contributed by atoms with E-state index in [9.17, 15) is 0 Å². The van der Waals surface area contributed by atoms with Crippen LogP contribution >= 0.6 is 0 Å². The maximum absolute atomic E-state index is 8.74. The van der Waals surface area contributed by atoms with Gasteiger partial charge in [-0.15, -0.1) is 26.3 Å². The van der Waals surface area contributed by atoms with Crippen LogP contribution in [0.25, 0.3) is 0 Å². The summed E-state index contributed by atoms with van der Waals surface area (Å²) in [4.78, 5) is 0. The van der Waals surface area contributed by atoms with Gasteiger partial charge in [-0.3, -0.25) is 9.11 Å². The van der Waals surface area contributed by atoms with E-state index < -0.39 is 10.4 Å². The summed E-state index contributed by atoms with van der Waals surface area (Å²) >= 11 is 0. The second kappa shape index (κ2) is 23.6. The molecule has 0 aromatic rings. The van der Waals surface area contributed by atoms with Crippen molar-refractivity contribution < 1.29 is 22.3 Å². The molecule has 8 heteroatoms. The largest absolute Gasteiger partial charge is 0.394 e. The van der Waals surface area contributed by atoms with Gasteiger partial charge in [-0.1, -0.05) is 12.2 Å². The Morgan fingerprint density at radius 1 is 1.00 bits per heavy atom.